The third-order valence-corrected chi connectivity index (χ3v) is 2.88. The molecule has 1 atom stereocenters. The third kappa shape index (κ3) is 2.01. The second-order valence-corrected chi connectivity index (χ2v) is 4.18. The monoisotopic (exact) mass is 287 g/mol. The molecule has 2 N–H and O–H groups in total. The lowest BCUT2D eigenvalue weighted by Gasteiger charge is -2.11. The van der Waals surface area contributed by atoms with Crippen LogP contribution in [0.4, 0.5) is 8.78 Å². The minimum Gasteiger partial charge on any atom is -0.472 e. The molecule has 0 aliphatic carbocycles. The molecule has 0 spiro atoms. The first-order valence-corrected chi connectivity index (χ1v) is 5.31. The Bertz CT molecular complexity index is 499. The van der Waals surface area contributed by atoms with Crippen LogP contribution in [0, 0.1) is 11.6 Å². The largest absolute Gasteiger partial charge is 0.472 e. The lowest BCUT2D eigenvalue weighted by atomic mass is 10.0. The van der Waals surface area contributed by atoms with Crippen molar-refractivity contribution in [2.45, 2.75) is 6.04 Å². The second-order valence-electron chi connectivity index (χ2n) is 3.32. The zero-order valence-electron chi connectivity index (χ0n) is 8.08. The van der Waals surface area contributed by atoms with Gasteiger partial charge < -0.3 is 10.2 Å². The van der Waals surface area contributed by atoms with Gasteiger partial charge in [-0.2, -0.15) is 0 Å². The van der Waals surface area contributed by atoms with Crippen LogP contribution in [0.5, 0.6) is 0 Å². The number of hydrogen-bond donors (Lipinski definition) is 1. The van der Waals surface area contributed by atoms with Gasteiger partial charge in [-0.15, -0.1) is 0 Å². The molecule has 2 rings (SSSR count). The Morgan fingerprint density at radius 2 is 2.00 bits per heavy atom. The highest BCUT2D eigenvalue weighted by Gasteiger charge is 2.17. The molecule has 5 heteroatoms. The fourth-order valence-corrected chi connectivity index (χ4v) is 1.72. The normalized spacial score (nSPS) is 12.8. The van der Waals surface area contributed by atoms with E-state index >= 15 is 0 Å². The lowest BCUT2D eigenvalue weighted by molar-refractivity contribution is 0.555. The Labute approximate surface area is 99.2 Å². The van der Waals surface area contributed by atoms with E-state index < -0.39 is 17.7 Å². The van der Waals surface area contributed by atoms with E-state index in [1.807, 2.05) is 0 Å². The molecule has 0 aliphatic rings. The molecule has 1 aromatic heterocycles. The molecule has 0 fully saturated rings. The number of hydrogen-bond acceptors (Lipinski definition) is 2. The van der Waals surface area contributed by atoms with Crippen LogP contribution in [-0.4, -0.2) is 0 Å². The highest BCUT2D eigenvalue weighted by Crippen LogP contribution is 2.27. The average molecular weight is 288 g/mol. The van der Waals surface area contributed by atoms with Crippen molar-refractivity contribution in [1.82, 2.24) is 0 Å². The molecule has 0 bridgehead atoms. The Morgan fingerprint density at radius 1 is 1.25 bits per heavy atom. The SMILES string of the molecule is NC(c1ccoc1)c1cc(F)c(Br)cc1F. The van der Waals surface area contributed by atoms with Gasteiger partial charge in [-0.1, -0.05) is 0 Å². The van der Waals surface area contributed by atoms with E-state index in [2.05, 4.69) is 15.9 Å². The van der Waals surface area contributed by atoms with Gasteiger partial charge >= 0.3 is 0 Å². The van der Waals surface area contributed by atoms with Gasteiger partial charge in [0, 0.05) is 11.1 Å². The van der Waals surface area contributed by atoms with E-state index in [-0.39, 0.29) is 10.0 Å². The van der Waals surface area contributed by atoms with Crippen molar-refractivity contribution in [1.29, 1.82) is 0 Å². The maximum atomic E-state index is 13.6. The molecular formula is C11H8BrF2NO. The van der Waals surface area contributed by atoms with Gasteiger partial charge in [-0.05, 0) is 34.1 Å². The zero-order valence-corrected chi connectivity index (χ0v) is 9.67. The summed E-state index contributed by atoms with van der Waals surface area (Å²) in [7, 11) is 0. The maximum absolute atomic E-state index is 13.6. The summed E-state index contributed by atoms with van der Waals surface area (Å²) in [6, 6.07) is 3.02. The van der Waals surface area contributed by atoms with E-state index in [1.54, 1.807) is 6.07 Å². The highest BCUT2D eigenvalue weighted by molar-refractivity contribution is 9.10. The highest BCUT2D eigenvalue weighted by atomic mass is 79.9. The maximum Gasteiger partial charge on any atom is 0.137 e. The number of nitrogens with two attached hydrogens (primary N) is 1. The predicted octanol–water partition coefficient (Wildman–Crippen LogP) is 3.37. The molecule has 1 unspecified atom stereocenters. The van der Waals surface area contributed by atoms with Crippen molar-refractivity contribution in [2.24, 2.45) is 5.73 Å². The minimum absolute atomic E-state index is 0.0770. The number of furan rings is 1. The Balaban J connectivity index is 2.44. The summed E-state index contributed by atoms with van der Waals surface area (Å²) < 4.78 is 31.8. The quantitative estimate of drug-likeness (QED) is 0.860. The summed E-state index contributed by atoms with van der Waals surface area (Å²) in [6.45, 7) is 0. The summed E-state index contributed by atoms with van der Waals surface area (Å²) in [5.41, 5.74) is 6.50. The van der Waals surface area contributed by atoms with Crippen molar-refractivity contribution < 1.29 is 13.2 Å². The first kappa shape index (κ1) is 11.3. The van der Waals surface area contributed by atoms with Crippen LogP contribution in [0.1, 0.15) is 17.2 Å². The van der Waals surface area contributed by atoms with Crippen LogP contribution >= 0.6 is 15.9 Å². The van der Waals surface area contributed by atoms with Gasteiger partial charge in [-0.3, -0.25) is 0 Å². The summed E-state index contributed by atoms with van der Waals surface area (Å²) in [4.78, 5) is 0. The molecule has 84 valence electrons. The van der Waals surface area contributed by atoms with Crippen molar-refractivity contribution in [3.05, 3.63) is 58.0 Å². The van der Waals surface area contributed by atoms with Crippen LogP contribution < -0.4 is 5.73 Å². The topological polar surface area (TPSA) is 39.2 Å². The Hall–Kier alpha value is -1.20. The van der Waals surface area contributed by atoms with Crippen molar-refractivity contribution in [2.75, 3.05) is 0 Å². The molecule has 16 heavy (non-hydrogen) atoms. The van der Waals surface area contributed by atoms with Crippen molar-refractivity contribution in [3.8, 4) is 0 Å². The lowest BCUT2D eigenvalue weighted by Crippen LogP contribution is -2.13. The van der Waals surface area contributed by atoms with E-state index in [0.717, 1.165) is 12.1 Å². The van der Waals surface area contributed by atoms with Gasteiger partial charge in [0.05, 0.1) is 23.0 Å². The van der Waals surface area contributed by atoms with Crippen molar-refractivity contribution in [3.63, 3.8) is 0 Å². The number of benzene rings is 1. The van der Waals surface area contributed by atoms with Gasteiger partial charge in [0.25, 0.3) is 0 Å². The van der Waals surface area contributed by atoms with Crippen LogP contribution in [0.2, 0.25) is 0 Å². The van der Waals surface area contributed by atoms with Crippen LogP contribution in [-0.2, 0) is 0 Å². The zero-order chi connectivity index (χ0) is 11.7. The van der Waals surface area contributed by atoms with E-state index in [0.29, 0.717) is 5.56 Å². The number of halogens is 3. The molecule has 0 aliphatic heterocycles. The van der Waals surface area contributed by atoms with Gasteiger partial charge in [-0.25, -0.2) is 8.78 Å². The summed E-state index contributed by atoms with van der Waals surface area (Å²) in [5, 5.41) is 0. The van der Waals surface area contributed by atoms with Crippen LogP contribution in [0.3, 0.4) is 0 Å². The van der Waals surface area contributed by atoms with E-state index in [4.69, 9.17) is 10.2 Å². The molecule has 2 nitrogen and oxygen atoms in total. The van der Waals surface area contributed by atoms with Crippen LogP contribution in [0.25, 0.3) is 0 Å². The molecule has 1 aromatic carbocycles. The van der Waals surface area contributed by atoms with E-state index in [1.165, 1.54) is 12.5 Å². The average Bonchev–Trinajstić information content (AvgIpc) is 2.75. The van der Waals surface area contributed by atoms with Gasteiger partial charge in [0.2, 0.25) is 0 Å². The standard InChI is InChI=1S/C11H8BrF2NO/c12-8-4-9(13)7(3-10(8)14)11(15)6-1-2-16-5-6/h1-5,11H,15H2. The van der Waals surface area contributed by atoms with E-state index in [9.17, 15) is 8.78 Å². The summed E-state index contributed by atoms with van der Waals surface area (Å²) >= 11 is 2.90. The smallest absolute Gasteiger partial charge is 0.137 e. The molecule has 2 aromatic rings. The number of rotatable bonds is 2. The molecule has 0 amide bonds. The molecule has 0 radical (unpaired) electrons. The van der Waals surface area contributed by atoms with Gasteiger partial charge in [0.1, 0.15) is 11.6 Å². The predicted molar refractivity (Wildman–Crippen MR) is 58.8 cm³/mol. The second kappa shape index (κ2) is 4.35. The molecule has 0 saturated heterocycles. The first-order valence-electron chi connectivity index (χ1n) is 4.51. The fourth-order valence-electron chi connectivity index (χ4n) is 1.41. The Kier molecular flexibility index (Phi) is 3.07. The summed E-state index contributed by atoms with van der Waals surface area (Å²) in [5.74, 6) is -1.10. The molecule has 1 heterocycles. The van der Waals surface area contributed by atoms with Gasteiger partial charge in [0.15, 0.2) is 0 Å². The minimum atomic E-state index is -0.735. The third-order valence-electron chi connectivity index (χ3n) is 2.28. The molecule has 0 saturated carbocycles. The fraction of sp³-hybridized carbons (Fsp3) is 0.0909. The Morgan fingerprint density at radius 3 is 2.62 bits per heavy atom. The summed E-state index contributed by atoms with van der Waals surface area (Å²) in [6.07, 6.45) is 2.84. The first-order chi connectivity index (χ1) is 7.59. The van der Waals surface area contributed by atoms with Crippen LogP contribution in [0.15, 0.2) is 39.6 Å². The van der Waals surface area contributed by atoms with Crippen molar-refractivity contribution >= 4 is 15.9 Å². The molecular weight excluding hydrogens is 280 g/mol.